The van der Waals surface area contributed by atoms with Gasteiger partial charge in [0.25, 0.3) is 0 Å². The molecule has 0 spiro atoms. The first-order valence-electron chi connectivity index (χ1n) is 5.33. The van der Waals surface area contributed by atoms with E-state index in [0.717, 1.165) is 12.8 Å². The molecular weight excluding hydrogens is 222 g/mol. The van der Waals surface area contributed by atoms with Gasteiger partial charge in [0.2, 0.25) is 0 Å². The van der Waals surface area contributed by atoms with Crippen molar-refractivity contribution in [2.45, 2.75) is 26.2 Å². The maximum Gasteiger partial charge on any atom is 0.409 e. The van der Waals surface area contributed by atoms with Gasteiger partial charge in [-0.15, -0.1) is 0 Å². The second-order valence-corrected chi connectivity index (χ2v) is 3.29. The number of amides is 1. The van der Waals surface area contributed by atoms with Crippen molar-refractivity contribution in [1.82, 2.24) is 0 Å². The predicted octanol–water partition coefficient (Wildman–Crippen LogP) is 3.04. The summed E-state index contributed by atoms with van der Waals surface area (Å²) in [7, 11) is 0. The van der Waals surface area contributed by atoms with E-state index in [0.29, 0.717) is 12.1 Å². The first-order valence-corrected chi connectivity index (χ1v) is 5.33. The van der Waals surface area contributed by atoms with Crippen molar-refractivity contribution in [3.8, 4) is 0 Å². The number of anilines is 1. The Bertz CT molecular complexity index is 338. The zero-order valence-corrected chi connectivity index (χ0v) is 9.72. The van der Waals surface area contributed by atoms with Crippen LogP contribution >= 0.6 is 0 Å². The van der Waals surface area contributed by atoms with E-state index in [2.05, 4.69) is 5.32 Å². The number of aliphatic carboxylic acids is 1. The smallest absolute Gasteiger partial charge is 0.409 e. The Morgan fingerprint density at radius 2 is 1.76 bits per heavy atom. The normalized spacial score (nSPS) is 8.76. The number of para-hydroxylation sites is 1. The molecule has 5 heteroatoms. The number of benzene rings is 1. The highest BCUT2D eigenvalue weighted by Crippen LogP contribution is 2.03. The average molecular weight is 239 g/mol. The molecule has 0 bridgehead atoms. The molecule has 1 rings (SSSR count). The fraction of sp³-hybridized carbons (Fsp3) is 0.333. The summed E-state index contributed by atoms with van der Waals surface area (Å²) in [6, 6.07) is 8.74. The number of hydrogen-bond donors (Lipinski definition) is 3. The molecule has 5 nitrogen and oxygen atoms in total. The lowest BCUT2D eigenvalue weighted by atomic mass is 10.3. The number of unbranched alkanes of at least 4 members (excludes halogenated alkanes) is 1. The minimum absolute atomic E-state index is 0.316. The topological polar surface area (TPSA) is 86.6 Å². The van der Waals surface area contributed by atoms with Gasteiger partial charge in [-0.2, -0.15) is 0 Å². The van der Waals surface area contributed by atoms with E-state index in [1.54, 1.807) is 24.3 Å². The Morgan fingerprint density at radius 1 is 1.18 bits per heavy atom. The van der Waals surface area contributed by atoms with Crippen molar-refractivity contribution in [3.05, 3.63) is 30.3 Å². The lowest BCUT2D eigenvalue weighted by Crippen LogP contribution is -2.06. The Morgan fingerprint density at radius 3 is 2.12 bits per heavy atom. The highest BCUT2D eigenvalue weighted by atomic mass is 16.4. The van der Waals surface area contributed by atoms with Crippen LogP contribution in [-0.2, 0) is 4.79 Å². The highest BCUT2D eigenvalue weighted by Gasteiger charge is 1.93. The molecule has 0 aliphatic heterocycles. The summed E-state index contributed by atoms with van der Waals surface area (Å²) in [6.45, 7) is 1.98. The third kappa shape index (κ3) is 10.2. The summed E-state index contributed by atoms with van der Waals surface area (Å²) >= 11 is 0. The highest BCUT2D eigenvalue weighted by molar-refractivity contribution is 5.82. The van der Waals surface area contributed by atoms with Crippen LogP contribution in [0.1, 0.15) is 26.2 Å². The van der Waals surface area contributed by atoms with Gasteiger partial charge in [-0.05, 0) is 18.6 Å². The molecule has 0 radical (unpaired) electrons. The van der Waals surface area contributed by atoms with E-state index in [-0.39, 0.29) is 0 Å². The Hall–Kier alpha value is -2.04. The fourth-order valence-electron chi connectivity index (χ4n) is 0.973. The van der Waals surface area contributed by atoms with E-state index in [4.69, 9.17) is 10.2 Å². The van der Waals surface area contributed by atoms with Gasteiger partial charge in [0.05, 0.1) is 0 Å². The third-order valence-corrected chi connectivity index (χ3v) is 1.77. The number of hydrogen-bond acceptors (Lipinski definition) is 2. The maximum atomic E-state index is 10.1. The third-order valence-electron chi connectivity index (χ3n) is 1.77. The second-order valence-electron chi connectivity index (χ2n) is 3.29. The quantitative estimate of drug-likeness (QED) is 0.753. The fourth-order valence-corrected chi connectivity index (χ4v) is 0.973. The summed E-state index contributed by atoms with van der Waals surface area (Å²) in [6.07, 6.45) is 1.05. The minimum atomic E-state index is -1.04. The van der Waals surface area contributed by atoms with E-state index < -0.39 is 12.1 Å². The van der Waals surface area contributed by atoms with Gasteiger partial charge < -0.3 is 10.2 Å². The predicted molar refractivity (Wildman–Crippen MR) is 65.3 cm³/mol. The van der Waals surface area contributed by atoms with Gasteiger partial charge in [-0.25, -0.2) is 4.79 Å². The van der Waals surface area contributed by atoms with Gasteiger partial charge in [0.15, 0.2) is 0 Å². The van der Waals surface area contributed by atoms with Crippen molar-refractivity contribution < 1.29 is 19.8 Å². The van der Waals surface area contributed by atoms with Crippen molar-refractivity contribution in [1.29, 1.82) is 0 Å². The molecule has 0 aliphatic rings. The van der Waals surface area contributed by atoms with Gasteiger partial charge in [0.1, 0.15) is 0 Å². The maximum absolute atomic E-state index is 10.1. The molecule has 0 saturated carbocycles. The van der Waals surface area contributed by atoms with E-state index in [1.807, 2.05) is 13.0 Å². The first-order chi connectivity index (χ1) is 8.06. The lowest BCUT2D eigenvalue weighted by Gasteiger charge is -1.96. The Labute approximate surface area is 100 Å². The molecule has 1 amide bonds. The summed E-state index contributed by atoms with van der Waals surface area (Å²) < 4.78 is 0. The molecule has 94 valence electrons. The molecule has 1 aromatic carbocycles. The van der Waals surface area contributed by atoms with Crippen LogP contribution in [0, 0.1) is 0 Å². The minimum Gasteiger partial charge on any atom is -0.481 e. The number of carboxylic acid groups (broad SMARTS) is 2. The lowest BCUT2D eigenvalue weighted by molar-refractivity contribution is -0.137. The average Bonchev–Trinajstić information content (AvgIpc) is 2.27. The number of carboxylic acids is 1. The van der Waals surface area contributed by atoms with E-state index >= 15 is 0 Å². The van der Waals surface area contributed by atoms with E-state index in [1.165, 1.54) is 0 Å². The molecule has 0 aromatic heterocycles. The molecule has 0 saturated heterocycles. The molecule has 0 fully saturated rings. The molecule has 0 aliphatic carbocycles. The Balaban J connectivity index is 0.000000325. The van der Waals surface area contributed by atoms with Crippen LogP contribution in [-0.4, -0.2) is 22.3 Å². The molecule has 3 N–H and O–H groups in total. The Kier molecular flexibility index (Phi) is 8.10. The van der Waals surface area contributed by atoms with Crippen LogP contribution in [0.2, 0.25) is 0 Å². The number of nitrogens with one attached hydrogen (secondary N) is 1. The monoisotopic (exact) mass is 239 g/mol. The number of rotatable bonds is 4. The molecule has 0 atom stereocenters. The van der Waals surface area contributed by atoms with Gasteiger partial charge in [0, 0.05) is 12.1 Å². The summed E-state index contributed by atoms with van der Waals surface area (Å²) in [5.74, 6) is -0.693. The van der Waals surface area contributed by atoms with Gasteiger partial charge in [-0.3, -0.25) is 10.1 Å². The van der Waals surface area contributed by atoms with Gasteiger partial charge >= 0.3 is 12.1 Å². The van der Waals surface area contributed by atoms with Crippen LogP contribution in [0.25, 0.3) is 0 Å². The van der Waals surface area contributed by atoms with Crippen molar-refractivity contribution in [3.63, 3.8) is 0 Å². The van der Waals surface area contributed by atoms with Crippen molar-refractivity contribution in [2.24, 2.45) is 0 Å². The van der Waals surface area contributed by atoms with Crippen LogP contribution in [0.5, 0.6) is 0 Å². The SMILES string of the molecule is CCCCC(=O)O.O=C(O)Nc1ccccc1. The van der Waals surface area contributed by atoms with Crippen LogP contribution < -0.4 is 5.32 Å². The first kappa shape index (κ1) is 15.0. The standard InChI is InChI=1S/C7H7NO2.C5H10O2/c9-7(10)8-6-4-2-1-3-5-6;1-2-3-4-5(6)7/h1-5,8H,(H,9,10);2-4H2,1H3,(H,6,7). The molecule has 0 heterocycles. The van der Waals surface area contributed by atoms with Crippen LogP contribution in [0.3, 0.4) is 0 Å². The van der Waals surface area contributed by atoms with Crippen LogP contribution in [0.15, 0.2) is 30.3 Å². The van der Waals surface area contributed by atoms with Gasteiger partial charge in [-0.1, -0.05) is 31.5 Å². The molecular formula is C12H17NO4. The summed E-state index contributed by atoms with van der Waals surface area (Å²) in [5, 5.41) is 18.5. The van der Waals surface area contributed by atoms with E-state index in [9.17, 15) is 9.59 Å². The van der Waals surface area contributed by atoms with Crippen molar-refractivity contribution >= 4 is 17.7 Å². The largest absolute Gasteiger partial charge is 0.481 e. The second kappa shape index (κ2) is 9.21. The molecule has 0 unspecified atom stereocenters. The zero-order valence-electron chi connectivity index (χ0n) is 9.72. The zero-order chi connectivity index (χ0) is 13.1. The molecule has 17 heavy (non-hydrogen) atoms. The summed E-state index contributed by atoms with van der Waals surface area (Å²) in [5.41, 5.74) is 0.593. The van der Waals surface area contributed by atoms with Crippen LogP contribution in [0.4, 0.5) is 10.5 Å². The number of carbonyl (C=O) groups is 2. The molecule has 1 aromatic rings. The van der Waals surface area contributed by atoms with Crippen molar-refractivity contribution in [2.75, 3.05) is 5.32 Å². The summed E-state index contributed by atoms with van der Waals surface area (Å²) in [4.78, 5) is 19.8.